The first kappa shape index (κ1) is 21.3. The minimum atomic E-state index is -0.429. The summed E-state index contributed by atoms with van der Waals surface area (Å²) in [6, 6.07) is 0. The molecule has 0 saturated carbocycles. The van der Waals surface area contributed by atoms with Crippen LogP contribution in [0.1, 0.15) is 32.2 Å². The summed E-state index contributed by atoms with van der Waals surface area (Å²) in [5.41, 5.74) is 1.07. The van der Waals surface area contributed by atoms with Crippen LogP contribution in [0.4, 0.5) is 0 Å². The Kier molecular flexibility index (Phi) is 6.07. The Morgan fingerprint density at radius 2 is 1.73 bits per heavy atom. The second-order valence-corrected chi connectivity index (χ2v) is 7.88. The van der Waals surface area contributed by atoms with Gasteiger partial charge in [-0.05, 0) is 18.2 Å². The fourth-order valence-electron chi connectivity index (χ4n) is 3.11. The smallest absolute Gasteiger partial charge is 0.272 e. The van der Waals surface area contributed by atoms with Gasteiger partial charge in [0.05, 0.1) is 25.2 Å². The van der Waals surface area contributed by atoms with Crippen molar-refractivity contribution in [3.8, 4) is 0 Å². The third-order valence-electron chi connectivity index (χ3n) is 4.65. The van der Waals surface area contributed by atoms with Crippen molar-refractivity contribution in [2.75, 3.05) is 14.2 Å². The largest absolute Gasteiger partial charge is 0.496 e. The lowest BCUT2D eigenvalue weighted by atomic mass is 9.90. The molecule has 2 aromatic rings. The summed E-state index contributed by atoms with van der Waals surface area (Å²) < 4.78 is 10.7. The highest BCUT2D eigenvalue weighted by atomic mass is 16.5. The third kappa shape index (κ3) is 4.60. The van der Waals surface area contributed by atoms with E-state index in [0.717, 1.165) is 5.69 Å². The maximum Gasteiger partial charge on any atom is 0.272 e. The number of rotatable bonds is 4. The van der Waals surface area contributed by atoms with Crippen molar-refractivity contribution < 1.29 is 9.47 Å². The van der Waals surface area contributed by atoms with Crippen molar-refractivity contribution in [1.29, 1.82) is 0 Å². The molecule has 8 heteroatoms. The van der Waals surface area contributed by atoms with Crippen LogP contribution in [0.15, 0.2) is 51.6 Å². The molecule has 2 aromatic heterocycles. The van der Waals surface area contributed by atoms with Crippen LogP contribution in [-0.2, 0) is 14.9 Å². The molecular weight excluding hydrogens is 384 g/mol. The number of nitrogens with one attached hydrogen (secondary N) is 3. The molecule has 0 fully saturated rings. The number of hydrogen-bond donors (Lipinski definition) is 3. The first-order valence-corrected chi connectivity index (χ1v) is 9.50. The summed E-state index contributed by atoms with van der Waals surface area (Å²) in [6.07, 6.45) is 11.7. The fourth-order valence-corrected chi connectivity index (χ4v) is 3.11. The van der Waals surface area contributed by atoms with Gasteiger partial charge >= 0.3 is 0 Å². The number of aromatic amines is 3. The van der Waals surface area contributed by atoms with E-state index < -0.39 is 11.1 Å². The van der Waals surface area contributed by atoms with Crippen LogP contribution in [0.2, 0.25) is 0 Å². The summed E-state index contributed by atoms with van der Waals surface area (Å²) in [6.45, 7) is 6.10. The van der Waals surface area contributed by atoms with E-state index in [1.165, 1.54) is 7.11 Å². The number of imidazole rings is 1. The van der Waals surface area contributed by atoms with Gasteiger partial charge in [-0.2, -0.15) is 0 Å². The Bertz CT molecular complexity index is 1250. The molecular formula is C22H26N4O4. The minimum absolute atomic E-state index is 0.119. The molecule has 0 amide bonds. The van der Waals surface area contributed by atoms with E-state index in [-0.39, 0.29) is 22.2 Å². The molecule has 0 saturated heterocycles. The SMILES string of the molecule is COC1=CC(OC)C=CC=C1/C=c1\[nH]c(=O)/c(=C/c2nc[nH]c2C(C)(C)C)[nH]c1=O. The number of H-pyrrole nitrogens is 3. The summed E-state index contributed by atoms with van der Waals surface area (Å²) >= 11 is 0. The van der Waals surface area contributed by atoms with Gasteiger partial charge in [0.15, 0.2) is 0 Å². The number of nitrogens with zero attached hydrogens (tertiary/aromatic N) is 1. The Morgan fingerprint density at radius 1 is 1.07 bits per heavy atom. The van der Waals surface area contributed by atoms with Crippen LogP contribution in [0.25, 0.3) is 12.2 Å². The van der Waals surface area contributed by atoms with Crippen molar-refractivity contribution in [2.45, 2.75) is 32.3 Å². The quantitative estimate of drug-likeness (QED) is 0.688. The van der Waals surface area contributed by atoms with E-state index in [0.29, 0.717) is 17.0 Å². The van der Waals surface area contributed by atoms with Crippen molar-refractivity contribution in [3.05, 3.63) is 84.8 Å². The van der Waals surface area contributed by atoms with E-state index in [2.05, 4.69) is 19.9 Å². The van der Waals surface area contributed by atoms with Gasteiger partial charge in [-0.15, -0.1) is 0 Å². The number of aromatic nitrogens is 4. The maximum absolute atomic E-state index is 12.6. The van der Waals surface area contributed by atoms with Crippen molar-refractivity contribution >= 4 is 12.2 Å². The molecule has 8 nitrogen and oxygen atoms in total. The predicted octanol–water partition coefficient (Wildman–Crippen LogP) is 0.735. The van der Waals surface area contributed by atoms with E-state index in [4.69, 9.17) is 9.47 Å². The summed E-state index contributed by atoms with van der Waals surface area (Å²) in [5.74, 6) is 0.536. The average molecular weight is 410 g/mol. The van der Waals surface area contributed by atoms with Crippen LogP contribution in [-0.4, -0.2) is 40.3 Å². The standard InChI is InChI=1S/C22H26N4O4/c1-22(2,3)19-15(23-12-24-19)11-17-21(28)25-16(20(27)26-17)9-13-7-6-8-14(29-4)10-18(13)30-5/h6-12,14H,1-5H3,(H,23,24)(H,25,28)(H,26,27)/b16-9-,17-11-. The molecule has 2 heterocycles. The molecule has 1 atom stereocenters. The molecule has 1 aliphatic rings. The molecule has 0 spiro atoms. The van der Waals surface area contributed by atoms with Gasteiger partial charge in [0.25, 0.3) is 11.1 Å². The molecule has 0 radical (unpaired) electrons. The maximum atomic E-state index is 12.6. The second kappa shape index (κ2) is 8.54. The normalized spacial score (nSPS) is 18.2. The highest BCUT2D eigenvalue weighted by Gasteiger charge is 2.19. The third-order valence-corrected chi connectivity index (χ3v) is 4.65. The Labute approximate surface area is 173 Å². The molecule has 158 valence electrons. The van der Waals surface area contributed by atoms with Gasteiger partial charge in [0, 0.05) is 23.8 Å². The first-order valence-electron chi connectivity index (χ1n) is 9.50. The fraction of sp³-hybridized carbons (Fsp3) is 0.318. The zero-order valence-electron chi connectivity index (χ0n) is 17.7. The van der Waals surface area contributed by atoms with Gasteiger partial charge in [-0.1, -0.05) is 39.0 Å². The lowest BCUT2D eigenvalue weighted by Crippen LogP contribution is -2.47. The molecule has 1 aliphatic carbocycles. The number of allylic oxidation sites excluding steroid dienone is 3. The zero-order valence-corrected chi connectivity index (χ0v) is 17.7. The Morgan fingerprint density at radius 3 is 2.33 bits per heavy atom. The van der Waals surface area contributed by atoms with Gasteiger partial charge < -0.3 is 24.4 Å². The van der Waals surface area contributed by atoms with E-state index in [1.807, 2.05) is 32.9 Å². The molecule has 3 N–H and O–H groups in total. The monoisotopic (exact) mass is 410 g/mol. The molecule has 3 rings (SSSR count). The van der Waals surface area contributed by atoms with Crippen molar-refractivity contribution in [2.24, 2.45) is 0 Å². The van der Waals surface area contributed by atoms with E-state index >= 15 is 0 Å². The van der Waals surface area contributed by atoms with Crippen LogP contribution in [0.3, 0.4) is 0 Å². The van der Waals surface area contributed by atoms with Crippen molar-refractivity contribution in [3.63, 3.8) is 0 Å². The number of ether oxygens (including phenoxy) is 2. The first-order chi connectivity index (χ1) is 14.2. The lowest BCUT2D eigenvalue weighted by Gasteiger charge is -2.16. The Hall–Kier alpha value is -3.39. The highest BCUT2D eigenvalue weighted by Crippen LogP contribution is 2.22. The van der Waals surface area contributed by atoms with Crippen molar-refractivity contribution in [1.82, 2.24) is 19.9 Å². The molecule has 1 unspecified atom stereocenters. The van der Waals surface area contributed by atoms with Crippen LogP contribution in [0.5, 0.6) is 0 Å². The second-order valence-electron chi connectivity index (χ2n) is 7.88. The predicted molar refractivity (Wildman–Crippen MR) is 115 cm³/mol. The molecule has 0 bridgehead atoms. The lowest BCUT2D eigenvalue weighted by molar-refractivity contribution is 0.172. The molecule has 0 aromatic carbocycles. The van der Waals surface area contributed by atoms with Gasteiger partial charge in [-0.25, -0.2) is 4.98 Å². The van der Waals surface area contributed by atoms with E-state index in [1.54, 1.807) is 37.7 Å². The number of hydrogen-bond acceptors (Lipinski definition) is 5. The highest BCUT2D eigenvalue weighted by molar-refractivity contribution is 5.57. The van der Waals surface area contributed by atoms with Crippen LogP contribution < -0.4 is 21.8 Å². The van der Waals surface area contributed by atoms with Gasteiger partial charge in [-0.3, -0.25) is 9.59 Å². The van der Waals surface area contributed by atoms with Gasteiger partial charge in [0.1, 0.15) is 16.5 Å². The molecule has 30 heavy (non-hydrogen) atoms. The zero-order chi connectivity index (χ0) is 21.9. The summed E-state index contributed by atoms with van der Waals surface area (Å²) in [4.78, 5) is 37.9. The summed E-state index contributed by atoms with van der Waals surface area (Å²) in [7, 11) is 3.13. The van der Waals surface area contributed by atoms with Gasteiger partial charge in [0.2, 0.25) is 0 Å². The number of methoxy groups -OCH3 is 2. The average Bonchev–Trinajstić information content (AvgIpc) is 3.07. The minimum Gasteiger partial charge on any atom is -0.496 e. The topological polar surface area (TPSA) is 113 Å². The Balaban J connectivity index is 2.10. The van der Waals surface area contributed by atoms with Crippen LogP contribution >= 0.6 is 0 Å². The molecule has 0 aliphatic heterocycles. The van der Waals surface area contributed by atoms with Crippen LogP contribution in [0, 0.1) is 0 Å². The van der Waals surface area contributed by atoms with E-state index in [9.17, 15) is 9.59 Å². The summed E-state index contributed by atoms with van der Waals surface area (Å²) in [5, 5.41) is 0.250.